The van der Waals surface area contributed by atoms with Crippen LogP contribution in [0, 0.1) is 5.82 Å². The first-order chi connectivity index (χ1) is 7.72. The van der Waals surface area contributed by atoms with Crippen LogP contribution in [0.2, 0.25) is 5.02 Å². The van der Waals surface area contributed by atoms with Crippen LogP contribution < -0.4 is 5.73 Å². The zero-order valence-corrected chi connectivity index (χ0v) is 9.88. The lowest BCUT2D eigenvalue weighted by atomic mass is 10.2. The molecule has 2 rings (SSSR count). The second-order valence-electron chi connectivity index (χ2n) is 4.19. The third kappa shape index (κ3) is 2.73. The van der Waals surface area contributed by atoms with Crippen LogP contribution in [-0.4, -0.2) is 24.0 Å². The van der Waals surface area contributed by atoms with Crippen LogP contribution in [-0.2, 0) is 6.54 Å². The minimum absolute atomic E-state index is 0.227. The zero-order chi connectivity index (χ0) is 11.5. The third-order valence-electron chi connectivity index (χ3n) is 2.90. The SMILES string of the molecule is NCCN(Cc1c(F)cccc1Cl)C1CC1. The van der Waals surface area contributed by atoms with E-state index in [0.29, 0.717) is 29.7 Å². The van der Waals surface area contributed by atoms with Gasteiger partial charge in [-0.25, -0.2) is 4.39 Å². The van der Waals surface area contributed by atoms with Crippen molar-refractivity contribution >= 4 is 11.6 Å². The summed E-state index contributed by atoms with van der Waals surface area (Å²) in [4.78, 5) is 2.21. The van der Waals surface area contributed by atoms with Gasteiger partial charge in [0.05, 0.1) is 0 Å². The van der Waals surface area contributed by atoms with Gasteiger partial charge < -0.3 is 5.73 Å². The molecule has 2 nitrogen and oxygen atoms in total. The number of nitrogens with zero attached hydrogens (tertiary/aromatic N) is 1. The molecule has 0 amide bonds. The highest BCUT2D eigenvalue weighted by atomic mass is 35.5. The summed E-state index contributed by atoms with van der Waals surface area (Å²) >= 11 is 6.00. The Balaban J connectivity index is 2.11. The molecule has 0 aromatic heterocycles. The predicted molar refractivity (Wildman–Crippen MR) is 63.9 cm³/mol. The van der Waals surface area contributed by atoms with Crippen LogP contribution >= 0.6 is 11.6 Å². The van der Waals surface area contributed by atoms with Gasteiger partial charge in [0.2, 0.25) is 0 Å². The molecule has 1 aromatic rings. The molecule has 0 saturated heterocycles. The van der Waals surface area contributed by atoms with Crippen LogP contribution in [0.1, 0.15) is 18.4 Å². The summed E-state index contributed by atoms with van der Waals surface area (Å²) in [6, 6.07) is 5.38. The average Bonchev–Trinajstić information content (AvgIpc) is 3.06. The molecule has 1 saturated carbocycles. The maximum Gasteiger partial charge on any atom is 0.129 e. The Labute approximate surface area is 100 Å². The van der Waals surface area contributed by atoms with Gasteiger partial charge in [0.15, 0.2) is 0 Å². The Morgan fingerprint density at radius 1 is 1.44 bits per heavy atom. The minimum Gasteiger partial charge on any atom is -0.329 e. The maximum absolute atomic E-state index is 13.6. The van der Waals surface area contributed by atoms with E-state index in [0.717, 1.165) is 6.54 Å². The van der Waals surface area contributed by atoms with E-state index in [4.69, 9.17) is 17.3 Å². The molecule has 88 valence electrons. The molecule has 0 unspecified atom stereocenters. The van der Waals surface area contributed by atoms with Crippen LogP contribution in [0.5, 0.6) is 0 Å². The van der Waals surface area contributed by atoms with Crippen molar-refractivity contribution in [3.05, 3.63) is 34.6 Å². The quantitative estimate of drug-likeness (QED) is 0.859. The summed E-state index contributed by atoms with van der Waals surface area (Å²) in [6.45, 7) is 1.96. The molecule has 4 heteroatoms. The van der Waals surface area contributed by atoms with Crippen molar-refractivity contribution in [2.45, 2.75) is 25.4 Å². The first-order valence-electron chi connectivity index (χ1n) is 5.59. The molecule has 1 fully saturated rings. The van der Waals surface area contributed by atoms with Crippen LogP contribution in [0.4, 0.5) is 4.39 Å². The first kappa shape index (κ1) is 11.8. The number of benzene rings is 1. The van der Waals surface area contributed by atoms with Gasteiger partial charge in [-0.2, -0.15) is 0 Å². The fraction of sp³-hybridized carbons (Fsp3) is 0.500. The van der Waals surface area contributed by atoms with Gasteiger partial charge in [0, 0.05) is 36.3 Å². The van der Waals surface area contributed by atoms with E-state index in [1.165, 1.54) is 18.9 Å². The first-order valence-corrected chi connectivity index (χ1v) is 5.97. The average molecular weight is 243 g/mol. The van der Waals surface area contributed by atoms with E-state index in [-0.39, 0.29) is 5.82 Å². The van der Waals surface area contributed by atoms with Crippen molar-refractivity contribution < 1.29 is 4.39 Å². The molecule has 0 heterocycles. The smallest absolute Gasteiger partial charge is 0.129 e. The van der Waals surface area contributed by atoms with Crippen molar-refractivity contribution in [2.24, 2.45) is 5.73 Å². The van der Waals surface area contributed by atoms with Gasteiger partial charge >= 0.3 is 0 Å². The molecule has 1 aliphatic rings. The van der Waals surface area contributed by atoms with Crippen LogP contribution in [0.15, 0.2) is 18.2 Å². The summed E-state index contributed by atoms with van der Waals surface area (Å²) in [5, 5.41) is 0.502. The maximum atomic E-state index is 13.6. The Kier molecular flexibility index (Phi) is 3.79. The summed E-state index contributed by atoms with van der Waals surface area (Å²) in [5.74, 6) is -0.227. The van der Waals surface area contributed by atoms with Gasteiger partial charge in [-0.15, -0.1) is 0 Å². The number of halogens is 2. The molecule has 16 heavy (non-hydrogen) atoms. The lowest BCUT2D eigenvalue weighted by molar-refractivity contribution is 0.258. The number of nitrogens with two attached hydrogens (primary N) is 1. The normalized spacial score (nSPS) is 15.8. The van der Waals surface area contributed by atoms with E-state index < -0.39 is 0 Å². The standard InChI is InChI=1S/C12H16ClFN2/c13-11-2-1-3-12(14)10(11)8-16(7-6-15)9-4-5-9/h1-3,9H,4-8,15H2. The van der Waals surface area contributed by atoms with Crippen molar-refractivity contribution in [2.75, 3.05) is 13.1 Å². The lowest BCUT2D eigenvalue weighted by Crippen LogP contribution is -2.31. The van der Waals surface area contributed by atoms with Crippen LogP contribution in [0.25, 0.3) is 0 Å². The van der Waals surface area contributed by atoms with Gasteiger partial charge in [-0.05, 0) is 25.0 Å². The number of hydrogen-bond acceptors (Lipinski definition) is 2. The van der Waals surface area contributed by atoms with Crippen molar-refractivity contribution in [3.8, 4) is 0 Å². The van der Waals surface area contributed by atoms with Gasteiger partial charge in [0.1, 0.15) is 5.82 Å². The molecule has 0 aliphatic heterocycles. The topological polar surface area (TPSA) is 29.3 Å². The van der Waals surface area contributed by atoms with E-state index in [1.807, 2.05) is 0 Å². The molecule has 0 spiro atoms. The fourth-order valence-electron chi connectivity index (χ4n) is 1.88. The molecule has 1 aromatic carbocycles. The highest BCUT2D eigenvalue weighted by Crippen LogP contribution is 2.30. The number of hydrogen-bond donors (Lipinski definition) is 1. The molecule has 1 aliphatic carbocycles. The van der Waals surface area contributed by atoms with Crippen molar-refractivity contribution in [3.63, 3.8) is 0 Å². The Morgan fingerprint density at radius 2 is 2.19 bits per heavy atom. The Bertz CT molecular complexity index is 346. The molecule has 0 radical (unpaired) electrons. The molecular formula is C12H16ClFN2. The molecular weight excluding hydrogens is 227 g/mol. The lowest BCUT2D eigenvalue weighted by Gasteiger charge is -2.21. The summed E-state index contributed by atoms with van der Waals surface area (Å²) in [7, 11) is 0. The third-order valence-corrected chi connectivity index (χ3v) is 3.26. The number of rotatable bonds is 5. The molecule has 2 N–H and O–H groups in total. The second kappa shape index (κ2) is 5.13. The van der Waals surface area contributed by atoms with Crippen molar-refractivity contribution in [1.29, 1.82) is 0 Å². The largest absolute Gasteiger partial charge is 0.329 e. The fourth-order valence-corrected chi connectivity index (χ4v) is 2.11. The Morgan fingerprint density at radius 3 is 2.75 bits per heavy atom. The van der Waals surface area contributed by atoms with Gasteiger partial charge in [0.25, 0.3) is 0 Å². The highest BCUT2D eigenvalue weighted by Gasteiger charge is 2.29. The summed E-state index contributed by atoms with van der Waals surface area (Å²) in [6.07, 6.45) is 2.37. The van der Waals surface area contributed by atoms with Gasteiger partial charge in [-0.1, -0.05) is 17.7 Å². The van der Waals surface area contributed by atoms with Gasteiger partial charge in [-0.3, -0.25) is 4.90 Å². The van der Waals surface area contributed by atoms with E-state index in [9.17, 15) is 4.39 Å². The van der Waals surface area contributed by atoms with E-state index >= 15 is 0 Å². The zero-order valence-electron chi connectivity index (χ0n) is 9.13. The van der Waals surface area contributed by atoms with E-state index in [1.54, 1.807) is 12.1 Å². The highest BCUT2D eigenvalue weighted by molar-refractivity contribution is 6.31. The molecule has 0 bridgehead atoms. The summed E-state index contributed by atoms with van der Waals surface area (Å²) in [5.41, 5.74) is 6.14. The van der Waals surface area contributed by atoms with E-state index in [2.05, 4.69) is 4.90 Å². The minimum atomic E-state index is -0.227. The van der Waals surface area contributed by atoms with Crippen molar-refractivity contribution in [1.82, 2.24) is 4.90 Å². The predicted octanol–water partition coefficient (Wildman–Crippen LogP) is 2.40. The monoisotopic (exact) mass is 242 g/mol. The Hall–Kier alpha value is -0.640. The van der Waals surface area contributed by atoms with Crippen LogP contribution in [0.3, 0.4) is 0 Å². The second-order valence-corrected chi connectivity index (χ2v) is 4.60. The molecule has 0 atom stereocenters. The summed E-state index contributed by atoms with van der Waals surface area (Å²) < 4.78 is 13.6.